The number of aromatic hydroxyl groups is 1. The van der Waals surface area contributed by atoms with Gasteiger partial charge in [-0.25, -0.2) is 5.43 Å². The van der Waals surface area contributed by atoms with Crippen LogP contribution in [0.15, 0.2) is 53.6 Å². The molecular formula is C20H16Cl2N2O3. The van der Waals surface area contributed by atoms with E-state index in [1.807, 2.05) is 36.4 Å². The van der Waals surface area contributed by atoms with E-state index in [-0.39, 0.29) is 28.0 Å². The maximum absolute atomic E-state index is 12.2. The standard InChI is InChI=1S/C20H16Cl2N2O3/c21-18-16(7-8-17(26)19(18)22)20(27)24-23-11-13-6-5-12(9-10-25)14-3-1-2-4-15(13)14/h1-8,11,25-26H,9-10H2,(H,24,27). The average Bonchev–Trinajstić information content (AvgIpc) is 2.68. The van der Waals surface area contributed by atoms with Crippen LogP contribution >= 0.6 is 23.2 Å². The van der Waals surface area contributed by atoms with Gasteiger partial charge < -0.3 is 10.2 Å². The van der Waals surface area contributed by atoms with E-state index < -0.39 is 5.91 Å². The summed E-state index contributed by atoms with van der Waals surface area (Å²) in [6.45, 7) is 0.0729. The minimum absolute atomic E-state index is 0.0387. The lowest BCUT2D eigenvalue weighted by molar-refractivity contribution is 0.0955. The number of rotatable bonds is 5. The molecule has 3 N–H and O–H groups in total. The third-order valence-corrected chi connectivity index (χ3v) is 4.98. The molecule has 0 atom stereocenters. The van der Waals surface area contributed by atoms with Gasteiger partial charge >= 0.3 is 0 Å². The number of aliphatic hydroxyl groups excluding tert-OH is 1. The van der Waals surface area contributed by atoms with Crippen LogP contribution in [-0.4, -0.2) is 28.9 Å². The summed E-state index contributed by atoms with van der Waals surface area (Å²) in [5.74, 6) is -0.740. The third-order valence-electron chi connectivity index (χ3n) is 4.11. The molecule has 0 spiro atoms. The Balaban J connectivity index is 1.84. The fourth-order valence-electron chi connectivity index (χ4n) is 2.77. The Morgan fingerprint density at radius 2 is 1.78 bits per heavy atom. The number of carbonyl (C=O) groups excluding carboxylic acids is 1. The van der Waals surface area contributed by atoms with E-state index in [4.69, 9.17) is 23.2 Å². The Morgan fingerprint density at radius 3 is 2.52 bits per heavy atom. The Morgan fingerprint density at radius 1 is 1.04 bits per heavy atom. The predicted octanol–water partition coefficient (Wildman–Crippen LogP) is 4.15. The number of nitrogens with one attached hydrogen (secondary N) is 1. The molecule has 7 heteroatoms. The van der Waals surface area contributed by atoms with Gasteiger partial charge in [0.1, 0.15) is 10.8 Å². The topological polar surface area (TPSA) is 81.9 Å². The molecule has 5 nitrogen and oxygen atoms in total. The molecule has 0 saturated carbocycles. The fourth-order valence-corrected chi connectivity index (χ4v) is 3.18. The van der Waals surface area contributed by atoms with Gasteiger partial charge in [0.15, 0.2) is 0 Å². The molecule has 0 bridgehead atoms. The van der Waals surface area contributed by atoms with Crippen molar-refractivity contribution in [3.8, 4) is 5.75 Å². The van der Waals surface area contributed by atoms with Gasteiger partial charge in [0.25, 0.3) is 5.91 Å². The molecule has 0 fully saturated rings. The second-order valence-electron chi connectivity index (χ2n) is 5.79. The zero-order chi connectivity index (χ0) is 19.4. The zero-order valence-electron chi connectivity index (χ0n) is 14.1. The molecule has 0 aliphatic rings. The first-order valence-corrected chi connectivity index (χ1v) is 8.90. The molecule has 0 radical (unpaired) electrons. The van der Waals surface area contributed by atoms with Crippen molar-refractivity contribution in [1.29, 1.82) is 0 Å². The summed E-state index contributed by atoms with van der Waals surface area (Å²) in [5, 5.41) is 24.6. The number of phenolic OH excluding ortho intramolecular Hbond substituents is 1. The van der Waals surface area contributed by atoms with E-state index in [1.54, 1.807) is 6.21 Å². The van der Waals surface area contributed by atoms with Crippen LogP contribution in [0, 0.1) is 0 Å². The van der Waals surface area contributed by atoms with Crippen LogP contribution in [0.2, 0.25) is 10.0 Å². The number of phenols is 1. The Kier molecular flexibility index (Phi) is 5.96. The van der Waals surface area contributed by atoms with Crippen molar-refractivity contribution in [2.24, 2.45) is 5.10 Å². The Hall–Kier alpha value is -2.60. The van der Waals surface area contributed by atoms with Crippen molar-refractivity contribution >= 4 is 46.1 Å². The van der Waals surface area contributed by atoms with Crippen LogP contribution in [0.5, 0.6) is 5.75 Å². The van der Waals surface area contributed by atoms with E-state index in [9.17, 15) is 15.0 Å². The molecule has 1 amide bonds. The number of carbonyl (C=O) groups is 1. The smallest absolute Gasteiger partial charge is 0.272 e. The van der Waals surface area contributed by atoms with Crippen molar-refractivity contribution in [3.05, 3.63) is 75.3 Å². The largest absolute Gasteiger partial charge is 0.506 e. The van der Waals surface area contributed by atoms with Gasteiger partial charge in [0, 0.05) is 12.2 Å². The van der Waals surface area contributed by atoms with Crippen LogP contribution in [0.25, 0.3) is 10.8 Å². The molecule has 0 aliphatic carbocycles. The van der Waals surface area contributed by atoms with Gasteiger partial charge in [-0.15, -0.1) is 0 Å². The number of hydrogen-bond donors (Lipinski definition) is 3. The number of aliphatic hydroxyl groups is 1. The van der Waals surface area contributed by atoms with Gasteiger partial charge in [-0.05, 0) is 34.9 Å². The average molecular weight is 403 g/mol. The van der Waals surface area contributed by atoms with Crippen LogP contribution < -0.4 is 5.43 Å². The van der Waals surface area contributed by atoms with Crippen molar-refractivity contribution in [1.82, 2.24) is 5.43 Å². The number of hydrazone groups is 1. The summed E-state index contributed by atoms with van der Waals surface area (Å²) in [4.78, 5) is 12.2. The summed E-state index contributed by atoms with van der Waals surface area (Å²) < 4.78 is 0. The Labute approximate surface area is 165 Å². The van der Waals surface area contributed by atoms with Gasteiger partial charge in [-0.2, -0.15) is 5.10 Å². The first-order valence-electron chi connectivity index (χ1n) is 8.14. The van der Waals surface area contributed by atoms with Crippen molar-refractivity contribution in [2.75, 3.05) is 6.61 Å². The number of benzene rings is 3. The van der Waals surface area contributed by atoms with E-state index in [0.717, 1.165) is 21.9 Å². The van der Waals surface area contributed by atoms with Crippen molar-refractivity contribution < 1.29 is 15.0 Å². The van der Waals surface area contributed by atoms with Gasteiger partial charge in [0.2, 0.25) is 0 Å². The minimum Gasteiger partial charge on any atom is -0.506 e. The quantitative estimate of drug-likeness (QED) is 0.442. The first-order chi connectivity index (χ1) is 13.0. The lowest BCUT2D eigenvalue weighted by atomic mass is 9.98. The van der Waals surface area contributed by atoms with Crippen LogP contribution in [0.4, 0.5) is 0 Å². The fraction of sp³-hybridized carbons (Fsp3) is 0.100. The highest BCUT2D eigenvalue weighted by Gasteiger charge is 2.15. The molecule has 3 rings (SSSR count). The molecular weight excluding hydrogens is 387 g/mol. The molecule has 3 aromatic carbocycles. The van der Waals surface area contributed by atoms with E-state index in [0.29, 0.717) is 6.42 Å². The summed E-state index contributed by atoms with van der Waals surface area (Å²) in [6.07, 6.45) is 2.10. The zero-order valence-corrected chi connectivity index (χ0v) is 15.6. The van der Waals surface area contributed by atoms with Gasteiger partial charge in [-0.1, -0.05) is 59.6 Å². The second-order valence-corrected chi connectivity index (χ2v) is 6.55. The van der Waals surface area contributed by atoms with E-state index >= 15 is 0 Å². The molecule has 27 heavy (non-hydrogen) atoms. The lowest BCUT2D eigenvalue weighted by Gasteiger charge is -2.08. The first kappa shape index (κ1) is 19.2. The maximum Gasteiger partial charge on any atom is 0.272 e. The van der Waals surface area contributed by atoms with Gasteiger partial charge in [-0.3, -0.25) is 4.79 Å². The predicted molar refractivity (Wildman–Crippen MR) is 108 cm³/mol. The maximum atomic E-state index is 12.2. The van der Waals surface area contributed by atoms with Crippen LogP contribution in [-0.2, 0) is 6.42 Å². The van der Waals surface area contributed by atoms with E-state index in [1.165, 1.54) is 12.1 Å². The Bertz CT molecular complexity index is 1040. The summed E-state index contributed by atoms with van der Waals surface area (Å²) in [6, 6.07) is 14.3. The highest BCUT2D eigenvalue weighted by molar-refractivity contribution is 6.44. The monoisotopic (exact) mass is 402 g/mol. The summed E-state index contributed by atoms with van der Waals surface area (Å²) in [5.41, 5.74) is 4.38. The van der Waals surface area contributed by atoms with E-state index in [2.05, 4.69) is 10.5 Å². The normalized spacial score (nSPS) is 11.2. The van der Waals surface area contributed by atoms with Crippen molar-refractivity contribution in [3.63, 3.8) is 0 Å². The third kappa shape index (κ3) is 4.06. The highest BCUT2D eigenvalue weighted by Crippen LogP contribution is 2.33. The molecule has 0 saturated heterocycles. The lowest BCUT2D eigenvalue weighted by Crippen LogP contribution is -2.18. The SMILES string of the molecule is O=C(NN=Cc1ccc(CCO)c2ccccc12)c1ccc(O)c(Cl)c1Cl. The number of halogens is 2. The number of amides is 1. The molecule has 0 aliphatic heterocycles. The summed E-state index contributed by atoms with van der Waals surface area (Å²) >= 11 is 11.8. The number of nitrogens with zero attached hydrogens (tertiary/aromatic N) is 1. The number of hydrogen-bond acceptors (Lipinski definition) is 4. The van der Waals surface area contributed by atoms with Gasteiger partial charge in [0.05, 0.1) is 16.8 Å². The van der Waals surface area contributed by atoms with Crippen LogP contribution in [0.3, 0.4) is 0 Å². The minimum atomic E-state index is -0.542. The number of fused-ring (bicyclic) bond motifs is 1. The molecule has 0 unspecified atom stereocenters. The molecule has 0 heterocycles. The van der Waals surface area contributed by atoms with Crippen molar-refractivity contribution in [2.45, 2.75) is 6.42 Å². The van der Waals surface area contributed by atoms with Crippen LogP contribution in [0.1, 0.15) is 21.5 Å². The highest BCUT2D eigenvalue weighted by atomic mass is 35.5. The summed E-state index contributed by atoms with van der Waals surface area (Å²) in [7, 11) is 0. The molecule has 138 valence electrons. The molecule has 3 aromatic rings. The second kappa shape index (κ2) is 8.39. The molecule has 0 aromatic heterocycles.